The molecular formula is C30H34N2O3. The number of pyridine rings is 1. The first kappa shape index (κ1) is 24.8. The number of carbonyl (C=O) groups is 1. The SMILES string of the molecule is COc1ccc2nccc(CCC[C@@H]3CCN(CC#Cc4ccccc4C)C[C@@H]3CC(=O)O)c2c1. The second kappa shape index (κ2) is 11.9. The average molecular weight is 471 g/mol. The van der Waals surface area contributed by atoms with Crippen LogP contribution in [0.4, 0.5) is 0 Å². The predicted octanol–water partition coefficient (Wildman–Crippen LogP) is 5.34. The third kappa shape index (κ3) is 6.61. The van der Waals surface area contributed by atoms with Crippen LogP contribution in [0.25, 0.3) is 10.9 Å². The first-order valence-corrected chi connectivity index (χ1v) is 12.4. The maximum Gasteiger partial charge on any atom is 0.303 e. The van der Waals surface area contributed by atoms with Crippen LogP contribution in [0.15, 0.2) is 54.7 Å². The van der Waals surface area contributed by atoms with Crippen LogP contribution in [-0.4, -0.2) is 47.7 Å². The molecular weight excluding hydrogens is 436 g/mol. The maximum atomic E-state index is 11.6. The van der Waals surface area contributed by atoms with Crippen molar-refractivity contribution in [3.05, 3.63) is 71.4 Å². The summed E-state index contributed by atoms with van der Waals surface area (Å²) in [5.74, 6) is 7.30. The Labute approximate surface area is 208 Å². The Bertz CT molecular complexity index is 1230. The van der Waals surface area contributed by atoms with Gasteiger partial charge in [0.2, 0.25) is 0 Å². The van der Waals surface area contributed by atoms with Crippen LogP contribution in [0.2, 0.25) is 0 Å². The van der Waals surface area contributed by atoms with E-state index in [0.29, 0.717) is 12.5 Å². The number of nitrogens with zero attached hydrogens (tertiary/aromatic N) is 2. The average Bonchev–Trinajstić information content (AvgIpc) is 2.86. The van der Waals surface area contributed by atoms with Crippen molar-refractivity contribution in [1.82, 2.24) is 9.88 Å². The number of benzene rings is 2. The highest BCUT2D eigenvalue weighted by atomic mass is 16.5. The molecule has 4 rings (SSSR count). The van der Waals surface area contributed by atoms with Crippen molar-refractivity contribution in [1.29, 1.82) is 0 Å². The van der Waals surface area contributed by atoms with Gasteiger partial charge in [0.1, 0.15) is 5.75 Å². The summed E-state index contributed by atoms with van der Waals surface area (Å²) in [6.07, 6.45) is 6.14. The summed E-state index contributed by atoms with van der Waals surface area (Å²) in [7, 11) is 1.68. The molecule has 0 amide bonds. The minimum Gasteiger partial charge on any atom is -0.497 e. The van der Waals surface area contributed by atoms with Gasteiger partial charge >= 0.3 is 5.97 Å². The molecule has 2 aromatic carbocycles. The number of fused-ring (bicyclic) bond motifs is 1. The molecule has 1 aromatic heterocycles. The van der Waals surface area contributed by atoms with Gasteiger partial charge < -0.3 is 9.84 Å². The van der Waals surface area contributed by atoms with Gasteiger partial charge in [-0.15, -0.1) is 0 Å². The number of likely N-dealkylation sites (tertiary alicyclic amines) is 1. The fraction of sp³-hybridized carbons (Fsp3) is 0.400. The van der Waals surface area contributed by atoms with Crippen molar-refractivity contribution >= 4 is 16.9 Å². The summed E-state index contributed by atoms with van der Waals surface area (Å²) in [4.78, 5) is 18.4. The van der Waals surface area contributed by atoms with Gasteiger partial charge in [0.25, 0.3) is 0 Å². The fourth-order valence-electron chi connectivity index (χ4n) is 5.18. The highest BCUT2D eigenvalue weighted by molar-refractivity contribution is 5.83. The zero-order valence-electron chi connectivity index (χ0n) is 20.7. The number of aliphatic carboxylic acids is 1. The lowest BCUT2D eigenvalue weighted by Crippen LogP contribution is -2.41. The molecule has 1 N–H and O–H groups in total. The first-order chi connectivity index (χ1) is 17.0. The van der Waals surface area contributed by atoms with Gasteiger partial charge in [0.15, 0.2) is 0 Å². The van der Waals surface area contributed by atoms with E-state index in [1.54, 1.807) is 7.11 Å². The van der Waals surface area contributed by atoms with Gasteiger partial charge in [0, 0.05) is 30.1 Å². The highest BCUT2D eigenvalue weighted by Crippen LogP contribution is 2.31. The minimum atomic E-state index is -0.708. The normalized spacial score (nSPS) is 18.1. The Kier molecular flexibility index (Phi) is 8.39. The molecule has 0 bridgehead atoms. The second-order valence-corrected chi connectivity index (χ2v) is 9.50. The number of aryl methyl sites for hydroxylation is 2. The number of hydrogen-bond donors (Lipinski definition) is 1. The van der Waals surface area contributed by atoms with Gasteiger partial charge in [0.05, 0.1) is 19.2 Å². The summed E-state index contributed by atoms with van der Waals surface area (Å²) in [6.45, 7) is 4.53. The van der Waals surface area contributed by atoms with Crippen molar-refractivity contribution in [2.45, 2.75) is 39.0 Å². The standard InChI is InChI=1S/C30H34N2O3/c1-22-7-3-4-8-23(22)11-6-17-32-18-15-24(26(21-32)19-30(33)34)9-5-10-25-14-16-31-29-13-12-27(35-2)20-28(25)29/h3-4,7-8,12-14,16,20,24,26H,5,9-10,15,17-19,21H2,1-2H3,(H,33,34)/t24-,26+/m1/s1. The molecule has 2 heterocycles. The van der Waals surface area contributed by atoms with Crippen LogP contribution in [0.3, 0.4) is 0 Å². The van der Waals surface area contributed by atoms with E-state index in [2.05, 4.69) is 46.8 Å². The van der Waals surface area contributed by atoms with Crippen LogP contribution in [0.5, 0.6) is 5.75 Å². The van der Waals surface area contributed by atoms with Gasteiger partial charge in [-0.1, -0.05) is 30.0 Å². The summed E-state index contributed by atoms with van der Waals surface area (Å²) in [5, 5.41) is 10.7. The lowest BCUT2D eigenvalue weighted by atomic mass is 9.80. The summed E-state index contributed by atoms with van der Waals surface area (Å²) < 4.78 is 5.40. The maximum absolute atomic E-state index is 11.6. The third-order valence-electron chi connectivity index (χ3n) is 7.14. The van der Waals surface area contributed by atoms with E-state index in [0.717, 1.165) is 61.0 Å². The molecule has 0 aliphatic carbocycles. The van der Waals surface area contributed by atoms with Crippen molar-refractivity contribution in [2.24, 2.45) is 11.8 Å². The molecule has 0 spiro atoms. The fourth-order valence-corrected chi connectivity index (χ4v) is 5.18. The van der Waals surface area contributed by atoms with Crippen LogP contribution in [0, 0.1) is 30.6 Å². The number of carboxylic acids is 1. The van der Waals surface area contributed by atoms with Crippen molar-refractivity contribution in [3.8, 4) is 17.6 Å². The van der Waals surface area contributed by atoms with E-state index in [1.165, 1.54) is 11.1 Å². The lowest BCUT2D eigenvalue weighted by Gasteiger charge is -2.37. The van der Waals surface area contributed by atoms with Crippen LogP contribution in [0.1, 0.15) is 42.4 Å². The Morgan fingerprint density at radius 3 is 2.86 bits per heavy atom. The molecule has 0 saturated carbocycles. The van der Waals surface area contributed by atoms with Crippen molar-refractivity contribution in [2.75, 3.05) is 26.7 Å². The van der Waals surface area contributed by atoms with Crippen molar-refractivity contribution in [3.63, 3.8) is 0 Å². The largest absolute Gasteiger partial charge is 0.497 e. The van der Waals surface area contributed by atoms with Crippen LogP contribution < -0.4 is 4.74 Å². The quantitative estimate of drug-likeness (QED) is 0.450. The highest BCUT2D eigenvalue weighted by Gasteiger charge is 2.30. The Morgan fingerprint density at radius 2 is 2.06 bits per heavy atom. The van der Waals surface area contributed by atoms with Gasteiger partial charge in [-0.05, 0) is 92.4 Å². The van der Waals surface area contributed by atoms with E-state index in [-0.39, 0.29) is 12.3 Å². The molecule has 0 unspecified atom stereocenters. The summed E-state index contributed by atoms with van der Waals surface area (Å²) in [5.41, 5.74) is 4.49. The molecule has 5 heteroatoms. The summed E-state index contributed by atoms with van der Waals surface area (Å²) in [6, 6.07) is 16.2. The van der Waals surface area contributed by atoms with E-state index in [1.807, 2.05) is 36.5 Å². The number of carboxylic acid groups (broad SMARTS) is 1. The third-order valence-corrected chi connectivity index (χ3v) is 7.14. The molecule has 35 heavy (non-hydrogen) atoms. The molecule has 1 fully saturated rings. The van der Waals surface area contributed by atoms with Crippen molar-refractivity contribution < 1.29 is 14.6 Å². The molecule has 0 radical (unpaired) electrons. The number of piperidine rings is 1. The van der Waals surface area contributed by atoms with E-state index in [4.69, 9.17) is 4.74 Å². The topological polar surface area (TPSA) is 62.7 Å². The van der Waals surface area contributed by atoms with Gasteiger partial charge in [-0.25, -0.2) is 0 Å². The number of methoxy groups -OCH3 is 1. The number of ether oxygens (including phenoxy) is 1. The smallest absolute Gasteiger partial charge is 0.303 e. The monoisotopic (exact) mass is 470 g/mol. The van der Waals surface area contributed by atoms with E-state index >= 15 is 0 Å². The second-order valence-electron chi connectivity index (χ2n) is 9.50. The predicted molar refractivity (Wildman–Crippen MR) is 140 cm³/mol. The Hall–Kier alpha value is -3.36. The zero-order valence-corrected chi connectivity index (χ0v) is 20.7. The van der Waals surface area contributed by atoms with E-state index < -0.39 is 5.97 Å². The lowest BCUT2D eigenvalue weighted by molar-refractivity contribution is -0.139. The number of hydrogen-bond acceptors (Lipinski definition) is 4. The molecule has 1 aliphatic rings. The van der Waals surface area contributed by atoms with Crippen LogP contribution >= 0.6 is 0 Å². The van der Waals surface area contributed by atoms with Crippen LogP contribution in [-0.2, 0) is 11.2 Å². The molecule has 1 saturated heterocycles. The summed E-state index contributed by atoms with van der Waals surface area (Å²) >= 11 is 0. The first-order valence-electron chi connectivity index (χ1n) is 12.4. The molecule has 182 valence electrons. The Balaban J connectivity index is 1.35. The zero-order chi connectivity index (χ0) is 24.6. The van der Waals surface area contributed by atoms with Gasteiger partial charge in [-0.2, -0.15) is 0 Å². The molecule has 5 nitrogen and oxygen atoms in total. The minimum absolute atomic E-state index is 0.163. The van der Waals surface area contributed by atoms with Gasteiger partial charge in [-0.3, -0.25) is 14.7 Å². The molecule has 2 atom stereocenters. The number of aromatic nitrogens is 1. The number of rotatable bonds is 8. The van der Waals surface area contributed by atoms with E-state index in [9.17, 15) is 9.90 Å². The Morgan fingerprint density at radius 1 is 1.20 bits per heavy atom. The molecule has 1 aliphatic heterocycles. The molecule has 3 aromatic rings.